The minimum Gasteiger partial charge on any atom is -0.348 e. The van der Waals surface area contributed by atoms with Crippen LogP contribution in [0.1, 0.15) is 65.0 Å². The molecule has 0 saturated carbocycles. The summed E-state index contributed by atoms with van der Waals surface area (Å²) in [5, 5.41) is 2.91. The summed E-state index contributed by atoms with van der Waals surface area (Å²) in [4.78, 5) is 13.1. The standard InChI is InChI=1S/C21H35N3O5S2/c1-5-16-30(26,27)24-15-9-8-10-20(24)21(25)22-17(4)18-11-13-19(14-12-18)31(28,29)23(6-2)7-3/h11-14,17,20H,5-10,15-16H2,1-4H3,(H,22,25). The van der Waals surface area contributed by atoms with E-state index in [1.165, 1.54) is 8.61 Å². The molecule has 0 aliphatic carbocycles. The first-order valence-electron chi connectivity index (χ1n) is 11.0. The minimum atomic E-state index is -3.54. The third kappa shape index (κ3) is 6.06. The molecule has 0 aromatic heterocycles. The van der Waals surface area contributed by atoms with Gasteiger partial charge in [0.05, 0.1) is 16.7 Å². The summed E-state index contributed by atoms with van der Waals surface area (Å²) in [5.74, 6) is -0.277. The van der Waals surface area contributed by atoms with Gasteiger partial charge in [0.15, 0.2) is 0 Å². The molecule has 1 saturated heterocycles. The third-order valence-electron chi connectivity index (χ3n) is 5.66. The Kier molecular flexibility index (Phi) is 9.05. The fourth-order valence-electron chi connectivity index (χ4n) is 3.91. The molecule has 1 amide bonds. The highest BCUT2D eigenvalue weighted by Crippen LogP contribution is 2.24. The molecule has 176 valence electrons. The Bertz CT molecular complexity index is 942. The number of benzene rings is 1. The zero-order valence-corrected chi connectivity index (χ0v) is 20.5. The van der Waals surface area contributed by atoms with E-state index in [0.717, 1.165) is 18.4 Å². The Morgan fingerprint density at radius 1 is 1.10 bits per heavy atom. The Morgan fingerprint density at radius 2 is 1.71 bits per heavy atom. The number of hydrogen-bond donors (Lipinski definition) is 1. The quantitative estimate of drug-likeness (QED) is 0.562. The Labute approximate surface area is 187 Å². The van der Waals surface area contributed by atoms with Crippen molar-refractivity contribution < 1.29 is 21.6 Å². The molecular formula is C21H35N3O5S2. The Balaban J connectivity index is 2.13. The van der Waals surface area contributed by atoms with Crippen LogP contribution in [0, 0.1) is 0 Å². The van der Waals surface area contributed by atoms with Crippen molar-refractivity contribution in [3.8, 4) is 0 Å². The van der Waals surface area contributed by atoms with Crippen LogP contribution in [-0.4, -0.2) is 62.8 Å². The van der Waals surface area contributed by atoms with E-state index in [4.69, 9.17) is 0 Å². The molecule has 0 bridgehead atoms. The van der Waals surface area contributed by atoms with E-state index < -0.39 is 26.1 Å². The predicted octanol–water partition coefficient (Wildman–Crippen LogP) is 2.49. The van der Waals surface area contributed by atoms with Gasteiger partial charge in [-0.1, -0.05) is 39.3 Å². The lowest BCUT2D eigenvalue weighted by Crippen LogP contribution is -2.52. The van der Waals surface area contributed by atoms with Crippen LogP contribution in [0.5, 0.6) is 0 Å². The minimum absolute atomic E-state index is 0.0365. The summed E-state index contributed by atoms with van der Waals surface area (Å²) in [6, 6.07) is 5.39. The van der Waals surface area contributed by atoms with Gasteiger partial charge in [-0.05, 0) is 43.9 Å². The van der Waals surface area contributed by atoms with Crippen molar-refractivity contribution in [1.29, 1.82) is 0 Å². The number of rotatable bonds is 10. The number of carbonyl (C=O) groups excluding carboxylic acids is 1. The molecule has 2 unspecified atom stereocenters. The molecule has 10 heteroatoms. The highest BCUT2D eigenvalue weighted by molar-refractivity contribution is 7.89. The predicted molar refractivity (Wildman–Crippen MR) is 122 cm³/mol. The average molecular weight is 474 g/mol. The first kappa shape index (κ1) is 25.8. The van der Waals surface area contributed by atoms with Crippen molar-refractivity contribution in [1.82, 2.24) is 13.9 Å². The molecule has 1 aromatic carbocycles. The molecule has 2 atom stereocenters. The maximum atomic E-state index is 12.9. The lowest BCUT2D eigenvalue weighted by molar-refractivity contribution is -0.126. The van der Waals surface area contributed by atoms with Crippen LogP contribution in [0.3, 0.4) is 0 Å². The molecule has 1 aliphatic heterocycles. The van der Waals surface area contributed by atoms with E-state index in [0.29, 0.717) is 32.5 Å². The fourth-order valence-corrected chi connectivity index (χ4v) is 7.11. The van der Waals surface area contributed by atoms with Crippen molar-refractivity contribution in [2.24, 2.45) is 0 Å². The van der Waals surface area contributed by atoms with Crippen LogP contribution in [0.4, 0.5) is 0 Å². The topological polar surface area (TPSA) is 104 Å². The number of carbonyl (C=O) groups is 1. The van der Waals surface area contributed by atoms with E-state index >= 15 is 0 Å². The molecule has 0 spiro atoms. The highest BCUT2D eigenvalue weighted by atomic mass is 32.2. The highest BCUT2D eigenvalue weighted by Gasteiger charge is 2.36. The third-order valence-corrected chi connectivity index (χ3v) is 9.80. The summed E-state index contributed by atoms with van der Waals surface area (Å²) >= 11 is 0. The number of piperidine rings is 1. The van der Waals surface area contributed by atoms with Crippen molar-refractivity contribution in [3.63, 3.8) is 0 Å². The van der Waals surface area contributed by atoms with Gasteiger partial charge in [-0.15, -0.1) is 0 Å². The molecule has 1 heterocycles. The van der Waals surface area contributed by atoms with E-state index in [-0.39, 0.29) is 22.6 Å². The van der Waals surface area contributed by atoms with E-state index in [9.17, 15) is 21.6 Å². The SMILES string of the molecule is CCCS(=O)(=O)N1CCCCC1C(=O)NC(C)c1ccc(S(=O)(=O)N(CC)CC)cc1. The molecule has 8 nitrogen and oxygen atoms in total. The van der Waals surface area contributed by atoms with Crippen LogP contribution < -0.4 is 5.32 Å². The monoisotopic (exact) mass is 473 g/mol. The Hall–Kier alpha value is -1.49. The van der Waals surface area contributed by atoms with Crippen LogP contribution >= 0.6 is 0 Å². The molecule has 31 heavy (non-hydrogen) atoms. The zero-order chi connectivity index (χ0) is 23.2. The van der Waals surface area contributed by atoms with Crippen molar-refractivity contribution >= 4 is 26.0 Å². The Morgan fingerprint density at radius 3 is 2.26 bits per heavy atom. The lowest BCUT2D eigenvalue weighted by atomic mass is 10.0. The number of nitrogens with one attached hydrogen (secondary N) is 1. The number of nitrogens with zero attached hydrogens (tertiary/aromatic N) is 2. The second-order valence-corrected chi connectivity index (χ2v) is 11.8. The number of hydrogen-bond acceptors (Lipinski definition) is 5. The van der Waals surface area contributed by atoms with Gasteiger partial charge in [-0.2, -0.15) is 8.61 Å². The normalized spacial score (nSPS) is 19.3. The lowest BCUT2D eigenvalue weighted by Gasteiger charge is -2.34. The summed E-state index contributed by atoms with van der Waals surface area (Å²) in [6.45, 7) is 8.36. The maximum absolute atomic E-state index is 12.9. The molecule has 0 radical (unpaired) electrons. The van der Waals surface area contributed by atoms with E-state index in [2.05, 4.69) is 5.32 Å². The fraction of sp³-hybridized carbons (Fsp3) is 0.667. The van der Waals surface area contributed by atoms with Gasteiger partial charge in [0.25, 0.3) is 0 Å². The van der Waals surface area contributed by atoms with Gasteiger partial charge < -0.3 is 5.32 Å². The van der Waals surface area contributed by atoms with E-state index in [1.54, 1.807) is 45.0 Å². The summed E-state index contributed by atoms with van der Waals surface area (Å²) < 4.78 is 53.2. The molecular weight excluding hydrogens is 438 g/mol. The molecule has 1 aliphatic rings. The summed E-state index contributed by atoms with van der Waals surface area (Å²) in [5.41, 5.74) is 0.755. The maximum Gasteiger partial charge on any atom is 0.243 e. The van der Waals surface area contributed by atoms with Crippen LogP contribution in [0.25, 0.3) is 0 Å². The van der Waals surface area contributed by atoms with Gasteiger partial charge >= 0.3 is 0 Å². The number of amides is 1. The van der Waals surface area contributed by atoms with Crippen molar-refractivity contribution in [2.75, 3.05) is 25.4 Å². The summed E-state index contributed by atoms with van der Waals surface area (Å²) in [7, 11) is -7.00. The molecule has 2 rings (SSSR count). The van der Waals surface area contributed by atoms with Gasteiger partial charge in [-0.3, -0.25) is 4.79 Å². The largest absolute Gasteiger partial charge is 0.348 e. The summed E-state index contributed by atoms with van der Waals surface area (Å²) in [6.07, 6.45) is 2.57. The van der Waals surface area contributed by atoms with Gasteiger partial charge in [0.2, 0.25) is 26.0 Å². The van der Waals surface area contributed by atoms with Gasteiger partial charge in [-0.25, -0.2) is 16.8 Å². The second-order valence-electron chi connectivity index (χ2n) is 7.83. The van der Waals surface area contributed by atoms with Crippen LogP contribution in [0.15, 0.2) is 29.2 Å². The molecule has 1 N–H and O–H groups in total. The van der Waals surface area contributed by atoms with Crippen LogP contribution in [-0.2, 0) is 24.8 Å². The molecule has 1 aromatic rings. The van der Waals surface area contributed by atoms with Crippen molar-refractivity contribution in [2.45, 2.75) is 70.4 Å². The van der Waals surface area contributed by atoms with E-state index in [1.807, 2.05) is 6.92 Å². The van der Waals surface area contributed by atoms with Crippen LogP contribution in [0.2, 0.25) is 0 Å². The first-order chi connectivity index (χ1) is 14.6. The zero-order valence-electron chi connectivity index (χ0n) is 18.9. The molecule has 1 fully saturated rings. The van der Waals surface area contributed by atoms with Crippen molar-refractivity contribution in [3.05, 3.63) is 29.8 Å². The first-order valence-corrected chi connectivity index (χ1v) is 14.0. The smallest absolute Gasteiger partial charge is 0.243 e. The van der Waals surface area contributed by atoms with Gasteiger partial charge in [0, 0.05) is 19.6 Å². The number of sulfonamides is 2. The average Bonchev–Trinajstić information content (AvgIpc) is 2.74. The van der Waals surface area contributed by atoms with Gasteiger partial charge in [0.1, 0.15) is 6.04 Å². The second kappa shape index (κ2) is 10.9.